The molecule has 25 heavy (non-hydrogen) atoms. The van der Waals surface area contributed by atoms with Gasteiger partial charge in [0.25, 0.3) is 5.91 Å². The number of fused-ring (bicyclic) bond motifs is 1. The number of hydrogen-bond acceptors (Lipinski definition) is 3. The lowest BCUT2D eigenvalue weighted by atomic mass is 9.98. The van der Waals surface area contributed by atoms with E-state index in [0.717, 1.165) is 23.1 Å². The third kappa shape index (κ3) is 4.45. The minimum atomic E-state index is -0.707. The molecular weight excluding hydrogens is 314 g/mol. The first kappa shape index (κ1) is 17.2. The molecule has 0 aliphatic heterocycles. The summed E-state index contributed by atoms with van der Waals surface area (Å²) >= 11 is 0. The summed E-state index contributed by atoms with van der Waals surface area (Å²) in [4.78, 5) is 12.4. The predicted molar refractivity (Wildman–Crippen MR) is 97.4 cm³/mol. The zero-order valence-electron chi connectivity index (χ0n) is 14.6. The number of amides is 1. The lowest BCUT2D eigenvalue weighted by Gasteiger charge is -2.16. The van der Waals surface area contributed by atoms with E-state index in [4.69, 9.17) is 0 Å². The van der Waals surface area contributed by atoms with E-state index < -0.39 is 5.60 Å². The van der Waals surface area contributed by atoms with E-state index in [1.54, 1.807) is 30.6 Å². The van der Waals surface area contributed by atoms with E-state index in [1.165, 1.54) is 0 Å². The Morgan fingerprint density at radius 2 is 2.08 bits per heavy atom. The summed E-state index contributed by atoms with van der Waals surface area (Å²) in [5.74, 6) is -0.111. The van der Waals surface area contributed by atoms with Crippen LogP contribution in [0.3, 0.4) is 0 Å². The lowest BCUT2D eigenvalue weighted by molar-refractivity contribution is 0.0714. The molecule has 0 bridgehead atoms. The summed E-state index contributed by atoms with van der Waals surface area (Å²) in [5, 5.41) is 17.1. The van der Waals surface area contributed by atoms with Crippen LogP contribution in [0.4, 0.5) is 0 Å². The minimum absolute atomic E-state index is 0.111. The van der Waals surface area contributed by atoms with Crippen LogP contribution in [-0.4, -0.2) is 26.2 Å². The van der Waals surface area contributed by atoms with Gasteiger partial charge in [-0.2, -0.15) is 5.10 Å². The van der Waals surface area contributed by atoms with E-state index in [9.17, 15) is 9.90 Å². The van der Waals surface area contributed by atoms with Gasteiger partial charge in [0.1, 0.15) is 0 Å². The standard InChI is InChI=1S/C20H23N3O2/c1-20(2,25)10-9-15-6-5-7-16(12-15)19(24)21-13-17-14-22-23-11-4-3-8-18(17)23/h3-8,11-12,14,25H,9-10,13H2,1-2H3,(H,21,24). The molecule has 0 saturated carbocycles. The van der Waals surface area contributed by atoms with Crippen molar-refractivity contribution in [2.24, 2.45) is 0 Å². The van der Waals surface area contributed by atoms with Crippen molar-refractivity contribution in [1.29, 1.82) is 0 Å². The van der Waals surface area contributed by atoms with Crippen molar-refractivity contribution in [1.82, 2.24) is 14.9 Å². The Morgan fingerprint density at radius 3 is 2.88 bits per heavy atom. The molecule has 0 unspecified atom stereocenters. The second-order valence-electron chi connectivity index (χ2n) is 6.90. The minimum Gasteiger partial charge on any atom is -0.390 e. The lowest BCUT2D eigenvalue weighted by Crippen LogP contribution is -2.23. The summed E-state index contributed by atoms with van der Waals surface area (Å²) in [7, 11) is 0. The molecule has 130 valence electrons. The van der Waals surface area contributed by atoms with E-state index in [2.05, 4.69) is 10.4 Å². The monoisotopic (exact) mass is 337 g/mol. The maximum Gasteiger partial charge on any atom is 0.251 e. The van der Waals surface area contributed by atoms with Crippen molar-refractivity contribution >= 4 is 11.4 Å². The summed E-state index contributed by atoms with van der Waals surface area (Å²) in [6.07, 6.45) is 5.04. The number of benzene rings is 1. The molecule has 2 N–H and O–H groups in total. The van der Waals surface area contributed by atoms with E-state index >= 15 is 0 Å². The molecule has 0 fully saturated rings. The molecule has 3 rings (SSSR count). The van der Waals surface area contributed by atoms with Gasteiger partial charge >= 0.3 is 0 Å². The number of nitrogens with zero attached hydrogens (tertiary/aromatic N) is 2. The summed E-state index contributed by atoms with van der Waals surface area (Å²) in [6.45, 7) is 4.01. The number of hydrogen-bond donors (Lipinski definition) is 2. The van der Waals surface area contributed by atoms with Crippen molar-refractivity contribution in [3.05, 3.63) is 71.5 Å². The first-order chi connectivity index (χ1) is 11.9. The Labute approximate surface area is 147 Å². The SMILES string of the molecule is CC(C)(O)CCc1cccc(C(=O)NCc2cnn3ccccc23)c1. The summed E-state index contributed by atoms with van der Waals surface area (Å²) in [6, 6.07) is 13.4. The van der Waals surface area contributed by atoms with Gasteiger partial charge in [0.15, 0.2) is 0 Å². The molecule has 5 heteroatoms. The molecular formula is C20H23N3O2. The van der Waals surface area contributed by atoms with Crippen LogP contribution in [-0.2, 0) is 13.0 Å². The highest BCUT2D eigenvalue weighted by molar-refractivity contribution is 5.94. The fourth-order valence-electron chi connectivity index (χ4n) is 2.72. The molecule has 1 amide bonds. The molecule has 0 atom stereocenters. The van der Waals surface area contributed by atoms with Gasteiger partial charge in [0.05, 0.1) is 17.3 Å². The van der Waals surface area contributed by atoms with Gasteiger partial charge in [-0.3, -0.25) is 4.79 Å². The first-order valence-electron chi connectivity index (χ1n) is 8.43. The average Bonchev–Trinajstić information content (AvgIpc) is 3.01. The number of nitrogens with one attached hydrogen (secondary N) is 1. The Kier molecular flexibility index (Phi) is 4.86. The highest BCUT2D eigenvalue weighted by Crippen LogP contribution is 2.15. The number of pyridine rings is 1. The quantitative estimate of drug-likeness (QED) is 0.727. The fraction of sp³-hybridized carbons (Fsp3) is 0.300. The Balaban J connectivity index is 1.65. The number of aromatic nitrogens is 2. The molecule has 2 aromatic heterocycles. The van der Waals surface area contributed by atoms with Crippen molar-refractivity contribution in [3.8, 4) is 0 Å². The zero-order chi connectivity index (χ0) is 17.9. The normalized spacial score (nSPS) is 11.6. The van der Waals surface area contributed by atoms with Crippen LogP contribution in [0.25, 0.3) is 5.52 Å². The van der Waals surface area contributed by atoms with E-state index in [-0.39, 0.29) is 5.91 Å². The second kappa shape index (κ2) is 7.07. The van der Waals surface area contributed by atoms with Crippen LogP contribution < -0.4 is 5.32 Å². The van der Waals surface area contributed by atoms with Gasteiger partial charge in [0, 0.05) is 23.9 Å². The molecule has 5 nitrogen and oxygen atoms in total. The van der Waals surface area contributed by atoms with Crippen LogP contribution >= 0.6 is 0 Å². The van der Waals surface area contributed by atoms with Gasteiger partial charge in [0.2, 0.25) is 0 Å². The molecule has 1 aromatic carbocycles. The Bertz CT molecular complexity index is 878. The first-order valence-corrected chi connectivity index (χ1v) is 8.43. The van der Waals surface area contributed by atoms with Gasteiger partial charge < -0.3 is 10.4 Å². The number of aryl methyl sites for hydroxylation is 1. The third-order valence-electron chi connectivity index (χ3n) is 4.16. The second-order valence-corrected chi connectivity index (χ2v) is 6.90. The predicted octanol–water partition coefficient (Wildman–Crippen LogP) is 2.97. The third-order valence-corrected chi connectivity index (χ3v) is 4.16. The smallest absolute Gasteiger partial charge is 0.251 e. The molecule has 0 spiro atoms. The maximum atomic E-state index is 12.4. The number of carbonyl (C=O) groups is 1. The highest BCUT2D eigenvalue weighted by Gasteiger charge is 2.13. The van der Waals surface area contributed by atoms with Crippen molar-refractivity contribution in [2.45, 2.75) is 38.8 Å². The molecule has 2 heterocycles. The number of aliphatic hydroxyl groups is 1. The van der Waals surface area contributed by atoms with Gasteiger partial charge in [-0.15, -0.1) is 0 Å². The maximum absolute atomic E-state index is 12.4. The molecule has 3 aromatic rings. The van der Waals surface area contributed by atoms with Crippen molar-refractivity contribution in [2.75, 3.05) is 0 Å². The molecule has 0 aliphatic rings. The van der Waals surface area contributed by atoms with Crippen molar-refractivity contribution < 1.29 is 9.90 Å². The Hall–Kier alpha value is -2.66. The van der Waals surface area contributed by atoms with Crippen molar-refractivity contribution in [3.63, 3.8) is 0 Å². The van der Waals surface area contributed by atoms with E-state index in [1.807, 2.05) is 42.6 Å². The van der Waals surface area contributed by atoms with E-state index in [0.29, 0.717) is 18.5 Å². The van der Waals surface area contributed by atoms with Gasteiger partial charge in [-0.1, -0.05) is 18.2 Å². The summed E-state index contributed by atoms with van der Waals surface area (Å²) < 4.78 is 1.79. The van der Waals surface area contributed by atoms with Crippen LogP contribution in [0, 0.1) is 0 Å². The average molecular weight is 337 g/mol. The number of rotatable bonds is 6. The zero-order valence-corrected chi connectivity index (χ0v) is 14.6. The molecule has 0 radical (unpaired) electrons. The van der Waals surface area contributed by atoms with Crippen LogP contribution in [0.2, 0.25) is 0 Å². The number of carbonyl (C=O) groups excluding carboxylic acids is 1. The largest absolute Gasteiger partial charge is 0.390 e. The highest BCUT2D eigenvalue weighted by atomic mass is 16.3. The Morgan fingerprint density at radius 1 is 1.24 bits per heavy atom. The fourth-order valence-corrected chi connectivity index (χ4v) is 2.72. The van der Waals surface area contributed by atoms with Crippen LogP contribution in [0.1, 0.15) is 41.8 Å². The van der Waals surface area contributed by atoms with Crippen LogP contribution in [0.15, 0.2) is 54.9 Å². The molecule has 0 aliphatic carbocycles. The molecule has 0 saturated heterocycles. The van der Waals surface area contributed by atoms with Gasteiger partial charge in [-0.05, 0) is 56.5 Å². The van der Waals surface area contributed by atoms with Crippen LogP contribution in [0.5, 0.6) is 0 Å². The van der Waals surface area contributed by atoms with Gasteiger partial charge in [-0.25, -0.2) is 4.52 Å². The topological polar surface area (TPSA) is 66.6 Å². The summed E-state index contributed by atoms with van der Waals surface area (Å²) in [5.41, 5.74) is 2.94.